The highest BCUT2D eigenvalue weighted by Crippen LogP contribution is 2.18. The molecule has 0 aliphatic carbocycles. The van der Waals surface area contributed by atoms with Crippen LogP contribution in [0.15, 0.2) is 67.0 Å². The monoisotopic (exact) mass is 320 g/mol. The Morgan fingerprint density at radius 2 is 1.79 bits per heavy atom. The third kappa shape index (κ3) is 3.49. The molecule has 3 rings (SSSR count). The minimum Gasteiger partial charge on any atom is -0.496 e. The molecule has 2 aromatic carbocycles. The number of aryl methyl sites for hydroxylation is 1. The van der Waals surface area contributed by atoms with Crippen molar-refractivity contribution in [3.8, 4) is 11.4 Å². The average molecular weight is 320 g/mol. The van der Waals surface area contributed by atoms with Crippen molar-refractivity contribution < 1.29 is 9.53 Å². The van der Waals surface area contributed by atoms with E-state index in [4.69, 9.17) is 4.74 Å². The number of nitrogens with one attached hydrogen (secondary N) is 1. The van der Waals surface area contributed by atoms with Crippen molar-refractivity contribution in [2.45, 2.75) is 13.5 Å². The first-order valence-electron chi connectivity index (χ1n) is 7.82. The summed E-state index contributed by atoms with van der Waals surface area (Å²) in [7, 11) is 1.65. The Labute approximate surface area is 141 Å². The first kappa shape index (κ1) is 15.9. The van der Waals surface area contributed by atoms with E-state index in [1.54, 1.807) is 7.11 Å². The Balaban J connectivity index is 1.63. The number of hydrogen-bond acceptors (Lipinski definition) is 2. The zero-order valence-electron chi connectivity index (χ0n) is 13.8. The molecule has 0 bridgehead atoms. The molecule has 0 saturated heterocycles. The molecule has 0 atom stereocenters. The summed E-state index contributed by atoms with van der Waals surface area (Å²) in [4.78, 5) is 12.3. The Hall–Kier alpha value is -3.01. The maximum absolute atomic E-state index is 12.3. The normalized spacial score (nSPS) is 10.4. The van der Waals surface area contributed by atoms with Crippen LogP contribution in [0, 0.1) is 6.92 Å². The number of rotatable bonds is 5. The van der Waals surface area contributed by atoms with Gasteiger partial charge in [0, 0.05) is 30.2 Å². The van der Waals surface area contributed by atoms with Gasteiger partial charge in [-0.1, -0.05) is 12.1 Å². The molecule has 4 heteroatoms. The standard InChI is InChI=1S/C20H20N2O2/c1-15-13-16(5-10-19(15)24-2)14-21-20(23)17-6-8-18(9-7-17)22-11-3-4-12-22/h3-13H,14H2,1-2H3,(H,21,23). The van der Waals surface area contributed by atoms with Crippen LogP contribution in [0.1, 0.15) is 21.5 Å². The van der Waals surface area contributed by atoms with Crippen LogP contribution in [0.5, 0.6) is 5.75 Å². The van der Waals surface area contributed by atoms with Gasteiger partial charge in [-0.15, -0.1) is 0 Å². The lowest BCUT2D eigenvalue weighted by atomic mass is 10.1. The van der Waals surface area contributed by atoms with E-state index in [1.807, 2.05) is 78.5 Å². The van der Waals surface area contributed by atoms with Crippen LogP contribution in [-0.4, -0.2) is 17.6 Å². The predicted octanol–water partition coefficient (Wildman–Crippen LogP) is 3.72. The van der Waals surface area contributed by atoms with Crippen molar-refractivity contribution in [1.29, 1.82) is 0 Å². The quantitative estimate of drug-likeness (QED) is 0.778. The van der Waals surface area contributed by atoms with Crippen LogP contribution in [0.25, 0.3) is 5.69 Å². The fraction of sp³-hybridized carbons (Fsp3) is 0.150. The molecular weight excluding hydrogens is 300 g/mol. The largest absolute Gasteiger partial charge is 0.496 e. The highest BCUT2D eigenvalue weighted by Gasteiger charge is 2.06. The van der Waals surface area contributed by atoms with E-state index in [9.17, 15) is 4.79 Å². The fourth-order valence-electron chi connectivity index (χ4n) is 2.63. The second-order valence-corrected chi connectivity index (χ2v) is 5.62. The van der Waals surface area contributed by atoms with Gasteiger partial charge >= 0.3 is 0 Å². The second kappa shape index (κ2) is 7.04. The Morgan fingerprint density at radius 1 is 1.08 bits per heavy atom. The van der Waals surface area contributed by atoms with Crippen LogP contribution in [-0.2, 0) is 6.54 Å². The molecule has 0 fully saturated rings. The van der Waals surface area contributed by atoms with Crippen molar-refractivity contribution in [2.24, 2.45) is 0 Å². The van der Waals surface area contributed by atoms with Gasteiger partial charge in [0.05, 0.1) is 7.11 Å². The van der Waals surface area contributed by atoms with Crippen molar-refractivity contribution in [3.05, 3.63) is 83.7 Å². The summed E-state index contributed by atoms with van der Waals surface area (Å²) >= 11 is 0. The minimum absolute atomic E-state index is 0.0810. The zero-order chi connectivity index (χ0) is 16.9. The van der Waals surface area contributed by atoms with Crippen LogP contribution < -0.4 is 10.1 Å². The molecule has 0 aliphatic rings. The predicted molar refractivity (Wildman–Crippen MR) is 94.7 cm³/mol. The summed E-state index contributed by atoms with van der Waals surface area (Å²) in [5.41, 5.74) is 3.78. The summed E-state index contributed by atoms with van der Waals surface area (Å²) in [6, 6.07) is 17.4. The summed E-state index contributed by atoms with van der Waals surface area (Å²) in [5.74, 6) is 0.771. The summed E-state index contributed by atoms with van der Waals surface area (Å²) in [5, 5.41) is 2.95. The molecule has 1 N–H and O–H groups in total. The molecule has 122 valence electrons. The van der Waals surface area contributed by atoms with E-state index in [-0.39, 0.29) is 5.91 Å². The number of methoxy groups -OCH3 is 1. The van der Waals surface area contributed by atoms with Crippen LogP contribution >= 0.6 is 0 Å². The van der Waals surface area contributed by atoms with E-state index in [1.165, 1.54) is 0 Å². The van der Waals surface area contributed by atoms with Crippen LogP contribution in [0.2, 0.25) is 0 Å². The average Bonchev–Trinajstić information content (AvgIpc) is 3.14. The van der Waals surface area contributed by atoms with E-state index in [0.717, 1.165) is 22.6 Å². The molecule has 1 aromatic heterocycles. The summed E-state index contributed by atoms with van der Waals surface area (Å²) < 4.78 is 7.25. The molecule has 0 unspecified atom stereocenters. The van der Waals surface area contributed by atoms with Gasteiger partial charge in [-0.3, -0.25) is 4.79 Å². The van der Waals surface area contributed by atoms with Gasteiger partial charge in [0.15, 0.2) is 0 Å². The van der Waals surface area contributed by atoms with E-state index < -0.39 is 0 Å². The van der Waals surface area contributed by atoms with E-state index >= 15 is 0 Å². The summed E-state index contributed by atoms with van der Waals surface area (Å²) in [6.07, 6.45) is 3.95. The van der Waals surface area contributed by atoms with Gasteiger partial charge in [-0.05, 0) is 60.5 Å². The molecule has 1 amide bonds. The lowest BCUT2D eigenvalue weighted by Crippen LogP contribution is -2.22. The molecule has 0 aliphatic heterocycles. The zero-order valence-corrected chi connectivity index (χ0v) is 13.8. The molecular formula is C20H20N2O2. The lowest BCUT2D eigenvalue weighted by Gasteiger charge is -2.09. The first-order valence-corrected chi connectivity index (χ1v) is 7.82. The third-order valence-corrected chi connectivity index (χ3v) is 3.94. The number of ether oxygens (including phenoxy) is 1. The van der Waals surface area contributed by atoms with Gasteiger partial charge in [-0.2, -0.15) is 0 Å². The van der Waals surface area contributed by atoms with Gasteiger partial charge in [-0.25, -0.2) is 0 Å². The highest BCUT2D eigenvalue weighted by molar-refractivity contribution is 5.94. The Kier molecular flexibility index (Phi) is 4.66. The van der Waals surface area contributed by atoms with Gasteiger partial charge in [0.2, 0.25) is 0 Å². The van der Waals surface area contributed by atoms with Crippen LogP contribution in [0.3, 0.4) is 0 Å². The van der Waals surface area contributed by atoms with Crippen molar-refractivity contribution in [1.82, 2.24) is 9.88 Å². The number of aromatic nitrogens is 1. The topological polar surface area (TPSA) is 43.3 Å². The molecule has 24 heavy (non-hydrogen) atoms. The smallest absolute Gasteiger partial charge is 0.251 e. The van der Waals surface area contributed by atoms with Crippen molar-refractivity contribution in [2.75, 3.05) is 7.11 Å². The minimum atomic E-state index is -0.0810. The third-order valence-electron chi connectivity index (χ3n) is 3.94. The van der Waals surface area contributed by atoms with E-state index in [0.29, 0.717) is 12.1 Å². The molecule has 3 aromatic rings. The van der Waals surface area contributed by atoms with E-state index in [2.05, 4.69) is 5.32 Å². The Bertz CT molecular complexity index is 821. The first-order chi connectivity index (χ1) is 11.7. The number of amides is 1. The molecule has 1 heterocycles. The number of benzene rings is 2. The lowest BCUT2D eigenvalue weighted by molar-refractivity contribution is 0.0951. The van der Waals surface area contributed by atoms with Crippen LogP contribution in [0.4, 0.5) is 0 Å². The van der Waals surface area contributed by atoms with Crippen molar-refractivity contribution >= 4 is 5.91 Å². The highest BCUT2D eigenvalue weighted by atomic mass is 16.5. The maximum Gasteiger partial charge on any atom is 0.251 e. The molecule has 0 saturated carbocycles. The Morgan fingerprint density at radius 3 is 2.42 bits per heavy atom. The van der Waals surface area contributed by atoms with Gasteiger partial charge in [0.1, 0.15) is 5.75 Å². The van der Waals surface area contributed by atoms with Crippen molar-refractivity contribution in [3.63, 3.8) is 0 Å². The molecule has 0 radical (unpaired) electrons. The summed E-state index contributed by atoms with van der Waals surface area (Å²) in [6.45, 7) is 2.48. The van der Waals surface area contributed by atoms with Gasteiger partial charge < -0.3 is 14.6 Å². The number of hydrogen-bond donors (Lipinski definition) is 1. The fourth-order valence-corrected chi connectivity index (χ4v) is 2.63. The number of nitrogens with zero attached hydrogens (tertiary/aromatic N) is 1. The SMILES string of the molecule is COc1ccc(CNC(=O)c2ccc(-n3cccc3)cc2)cc1C. The number of carbonyl (C=O) groups is 1. The molecule has 0 spiro atoms. The van der Waals surface area contributed by atoms with Gasteiger partial charge in [0.25, 0.3) is 5.91 Å². The molecule has 4 nitrogen and oxygen atoms in total. The second-order valence-electron chi connectivity index (χ2n) is 5.62. The number of carbonyl (C=O) groups excluding carboxylic acids is 1. The maximum atomic E-state index is 12.3.